The molecule has 3 rings (SSSR count). The zero-order valence-corrected chi connectivity index (χ0v) is 18.0. The number of aromatic nitrogens is 2. The third kappa shape index (κ3) is 6.36. The summed E-state index contributed by atoms with van der Waals surface area (Å²) in [4.78, 5) is 53.9. The zero-order chi connectivity index (χ0) is 23.6. The molecule has 0 saturated heterocycles. The van der Waals surface area contributed by atoms with E-state index in [4.69, 9.17) is 9.47 Å². The number of anilines is 1. The van der Waals surface area contributed by atoms with Crippen LogP contribution in [0.25, 0.3) is 0 Å². The lowest BCUT2D eigenvalue weighted by Gasteiger charge is -2.13. The van der Waals surface area contributed by atoms with Crippen molar-refractivity contribution in [1.82, 2.24) is 9.55 Å². The van der Waals surface area contributed by atoms with E-state index in [0.29, 0.717) is 5.56 Å². The predicted octanol–water partition coefficient (Wildman–Crippen LogP) is 2.81. The quantitative estimate of drug-likeness (QED) is 0.499. The van der Waals surface area contributed by atoms with Crippen LogP contribution in [-0.2, 0) is 27.4 Å². The molecular weight excluding hydrogens is 426 g/mol. The number of rotatable bonds is 9. The molecule has 9 heteroatoms. The lowest BCUT2D eigenvalue weighted by atomic mass is 10.2. The molecule has 33 heavy (non-hydrogen) atoms. The molecule has 2 aromatic carbocycles. The molecule has 0 aliphatic carbocycles. The van der Waals surface area contributed by atoms with Crippen molar-refractivity contribution in [3.05, 3.63) is 94.2 Å². The van der Waals surface area contributed by atoms with Gasteiger partial charge in [-0.1, -0.05) is 48.5 Å². The second kappa shape index (κ2) is 11.4. The minimum absolute atomic E-state index is 0.0836. The molecule has 0 radical (unpaired) electrons. The molecule has 1 aromatic heterocycles. The van der Waals surface area contributed by atoms with E-state index in [-0.39, 0.29) is 37.7 Å². The summed E-state index contributed by atoms with van der Waals surface area (Å²) in [5, 5.41) is 2.50. The Labute approximate surface area is 190 Å². The number of hydrogen-bond donors (Lipinski definition) is 1. The van der Waals surface area contributed by atoms with E-state index >= 15 is 0 Å². The Morgan fingerprint density at radius 1 is 0.970 bits per heavy atom. The van der Waals surface area contributed by atoms with Gasteiger partial charge in [-0.05, 0) is 24.6 Å². The van der Waals surface area contributed by atoms with Gasteiger partial charge in [0.15, 0.2) is 0 Å². The summed E-state index contributed by atoms with van der Waals surface area (Å²) in [6.45, 7) is 1.61. The Bertz CT molecular complexity index is 1180. The van der Waals surface area contributed by atoms with Gasteiger partial charge in [-0.15, -0.1) is 0 Å². The number of carbonyl (C=O) groups excluding carboxylic acids is 3. The number of ether oxygens (including phenoxy) is 2. The molecule has 3 aromatic rings. The molecule has 1 amide bonds. The molecule has 170 valence electrons. The molecule has 0 spiro atoms. The standard InChI is InChI=1S/C24H23N3O6/c1-2-32-24(31)21-25-15-19(26-22(29)18-11-7-4-8-12-18)23(30)27(21)14-13-20(28)33-16-17-9-5-3-6-10-17/h3-12,15H,2,13-14,16H2,1H3,(H,26,29). The summed E-state index contributed by atoms with van der Waals surface area (Å²) in [5.74, 6) is -2.14. The van der Waals surface area contributed by atoms with Crippen molar-refractivity contribution in [3.8, 4) is 0 Å². The highest BCUT2D eigenvalue weighted by molar-refractivity contribution is 6.04. The summed E-state index contributed by atoms with van der Waals surface area (Å²) >= 11 is 0. The van der Waals surface area contributed by atoms with Gasteiger partial charge in [0.05, 0.1) is 19.2 Å². The first-order valence-corrected chi connectivity index (χ1v) is 10.3. The minimum Gasteiger partial charge on any atom is -0.461 e. The van der Waals surface area contributed by atoms with Crippen molar-refractivity contribution < 1.29 is 23.9 Å². The first-order chi connectivity index (χ1) is 16.0. The van der Waals surface area contributed by atoms with Gasteiger partial charge in [-0.2, -0.15) is 0 Å². The Kier molecular flexibility index (Phi) is 8.07. The van der Waals surface area contributed by atoms with Crippen LogP contribution in [0.15, 0.2) is 71.7 Å². The van der Waals surface area contributed by atoms with Crippen LogP contribution < -0.4 is 10.9 Å². The van der Waals surface area contributed by atoms with Gasteiger partial charge >= 0.3 is 11.9 Å². The van der Waals surface area contributed by atoms with Gasteiger partial charge in [-0.25, -0.2) is 9.78 Å². The van der Waals surface area contributed by atoms with Crippen LogP contribution in [0, 0.1) is 0 Å². The topological polar surface area (TPSA) is 117 Å². The van der Waals surface area contributed by atoms with Crippen molar-refractivity contribution in [1.29, 1.82) is 0 Å². The third-order valence-electron chi connectivity index (χ3n) is 4.57. The van der Waals surface area contributed by atoms with Crippen molar-refractivity contribution in [3.63, 3.8) is 0 Å². The smallest absolute Gasteiger partial charge is 0.374 e. The largest absolute Gasteiger partial charge is 0.461 e. The first kappa shape index (κ1) is 23.4. The van der Waals surface area contributed by atoms with Gasteiger partial charge in [0.2, 0.25) is 5.82 Å². The van der Waals surface area contributed by atoms with E-state index < -0.39 is 23.4 Å². The fourth-order valence-corrected chi connectivity index (χ4v) is 2.94. The van der Waals surface area contributed by atoms with E-state index in [1.807, 2.05) is 30.3 Å². The number of nitrogens with zero attached hydrogens (tertiary/aromatic N) is 2. The molecule has 0 saturated carbocycles. The van der Waals surface area contributed by atoms with E-state index in [2.05, 4.69) is 10.3 Å². The molecule has 1 N–H and O–H groups in total. The van der Waals surface area contributed by atoms with Gasteiger partial charge in [0.25, 0.3) is 11.5 Å². The van der Waals surface area contributed by atoms with E-state index in [9.17, 15) is 19.2 Å². The highest BCUT2D eigenvalue weighted by Gasteiger charge is 2.20. The van der Waals surface area contributed by atoms with Crippen LogP contribution in [0.1, 0.15) is 39.9 Å². The molecule has 0 aliphatic rings. The second-order valence-corrected chi connectivity index (χ2v) is 6.89. The van der Waals surface area contributed by atoms with Crippen molar-refractivity contribution >= 4 is 23.5 Å². The van der Waals surface area contributed by atoms with Crippen molar-refractivity contribution in [2.45, 2.75) is 26.5 Å². The SMILES string of the molecule is CCOC(=O)c1ncc(NC(=O)c2ccccc2)c(=O)n1CCC(=O)OCc1ccccc1. The third-order valence-corrected chi connectivity index (χ3v) is 4.57. The van der Waals surface area contributed by atoms with Gasteiger partial charge in [-0.3, -0.25) is 19.0 Å². The van der Waals surface area contributed by atoms with Crippen LogP contribution in [0.2, 0.25) is 0 Å². The molecule has 0 fully saturated rings. The average molecular weight is 449 g/mol. The summed E-state index contributed by atoms with van der Waals surface area (Å²) < 4.78 is 11.2. The van der Waals surface area contributed by atoms with Crippen molar-refractivity contribution in [2.75, 3.05) is 11.9 Å². The second-order valence-electron chi connectivity index (χ2n) is 6.89. The Morgan fingerprint density at radius 3 is 2.30 bits per heavy atom. The average Bonchev–Trinajstić information content (AvgIpc) is 2.84. The Morgan fingerprint density at radius 2 is 1.64 bits per heavy atom. The van der Waals surface area contributed by atoms with Crippen LogP contribution in [0.5, 0.6) is 0 Å². The summed E-state index contributed by atoms with van der Waals surface area (Å²) in [6.07, 6.45) is 0.913. The first-order valence-electron chi connectivity index (χ1n) is 10.3. The number of amides is 1. The molecule has 1 heterocycles. The summed E-state index contributed by atoms with van der Waals surface area (Å²) in [7, 11) is 0. The van der Waals surface area contributed by atoms with Crippen molar-refractivity contribution in [2.24, 2.45) is 0 Å². The maximum Gasteiger partial charge on any atom is 0.374 e. The van der Waals surface area contributed by atoms with Crippen LogP contribution in [0.4, 0.5) is 5.69 Å². The number of nitrogens with one attached hydrogen (secondary N) is 1. The summed E-state index contributed by atoms with van der Waals surface area (Å²) in [6, 6.07) is 17.5. The molecular formula is C24H23N3O6. The number of esters is 2. The fraction of sp³-hybridized carbons (Fsp3) is 0.208. The van der Waals surface area contributed by atoms with E-state index in [1.165, 1.54) is 0 Å². The van der Waals surface area contributed by atoms with Gasteiger partial charge in [0, 0.05) is 12.1 Å². The maximum absolute atomic E-state index is 13.0. The fourth-order valence-electron chi connectivity index (χ4n) is 2.94. The van der Waals surface area contributed by atoms with Gasteiger partial charge < -0.3 is 14.8 Å². The minimum atomic E-state index is -0.812. The number of benzene rings is 2. The lowest BCUT2D eigenvalue weighted by Crippen LogP contribution is -2.32. The highest BCUT2D eigenvalue weighted by atomic mass is 16.5. The Hall–Kier alpha value is -4.27. The molecule has 0 aliphatic heterocycles. The highest BCUT2D eigenvalue weighted by Crippen LogP contribution is 2.08. The van der Waals surface area contributed by atoms with Crippen LogP contribution in [-0.4, -0.2) is 34.0 Å². The Balaban J connectivity index is 1.77. The zero-order valence-electron chi connectivity index (χ0n) is 18.0. The molecule has 9 nitrogen and oxygen atoms in total. The lowest BCUT2D eigenvalue weighted by molar-refractivity contribution is -0.145. The maximum atomic E-state index is 13.0. The normalized spacial score (nSPS) is 10.3. The van der Waals surface area contributed by atoms with E-state index in [1.54, 1.807) is 37.3 Å². The summed E-state index contributed by atoms with van der Waals surface area (Å²) in [5.41, 5.74) is 0.354. The van der Waals surface area contributed by atoms with Crippen LogP contribution >= 0.6 is 0 Å². The molecule has 0 bridgehead atoms. The predicted molar refractivity (Wildman–Crippen MR) is 120 cm³/mol. The number of carbonyl (C=O) groups is 3. The number of hydrogen-bond acceptors (Lipinski definition) is 7. The monoisotopic (exact) mass is 449 g/mol. The molecule has 0 unspecified atom stereocenters. The van der Waals surface area contributed by atoms with Crippen LogP contribution in [0.3, 0.4) is 0 Å². The molecule has 0 atom stereocenters. The van der Waals surface area contributed by atoms with Gasteiger partial charge in [0.1, 0.15) is 12.3 Å². The van der Waals surface area contributed by atoms with E-state index in [0.717, 1.165) is 16.3 Å².